The summed E-state index contributed by atoms with van der Waals surface area (Å²) in [6, 6.07) is 7.48. The predicted molar refractivity (Wildman–Crippen MR) is 110 cm³/mol. The van der Waals surface area contributed by atoms with E-state index in [4.69, 9.17) is 28.2 Å². The van der Waals surface area contributed by atoms with Gasteiger partial charge in [-0.3, -0.25) is 0 Å². The number of hydrogen-bond acceptors (Lipinski definition) is 6. The third-order valence-corrected chi connectivity index (χ3v) is 5.07. The minimum Gasteiger partial charge on any atom is -0.371 e. The summed E-state index contributed by atoms with van der Waals surface area (Å²) in [5.74, 6) is 3.06. The molecule has 4 N–H and O–H groups in total. The van der Waals surface area contributed by atoms with Crippen molar-refractivity contribution in [1.29, 1.82) is 0 Å². The van der Waals surface area contributed by atoms with Crippen LogP contribution in [0.15, 0.2) is 36.2 Å². The number of anilines is 1. The first-order valence-electron chi connectivity index (χ1n) is 9.20. The molecule has 1 aliphatic heterocycles. The zero-order chi connectivity index (χ0) is 18.6. The Morgan fingerprint density at radius 1 is 1.07 bits per heavy atom. The lowest BCUT2D eigenvalue weighted by atomic mass is 10.2. The van der Waals surface area contributed by atoms with E-state index in [0.717, 1.165) is 49.0 Å². The van der Waals surface area contributed by atoms with Gasteiger partial charge in [0.05, 0.1) is 5.02 Å². The Kier molecular flexibility index (Phi) is 5.66. The van der Waals surface area contributed by atoms with Crippen LogP contribution in [0.5, 0.6) is 0 Å². The maximum atomic E-state index is 6.36. The van der Waals surface area contributed by atoms with Crippen molar-refractivity contribution in [2.24, 2.45) is 0 Å². The molecule has 1 fully saturated rings. The average molecular weight is 405 g/mol. The lowest BCUT2D eigenvalue weighted by molar-refractivity contribution is 0.628. The third kappa shape index (κ3) is 4.83. The Hall–Kier alpha value is -2.02. The van der Waals surface area contributed by atoms with E-state index in [2.05, 4.69) is 38.6 Å². The number of halogens is 2. The molecule has 1 aromatic heterocycles. The van der Waals surface area contributed by atoms with E-state index < -0.39 is 0 Å². The maximum absolute atomic E-state index is 6.36. The molecule has 0 spiro atoms. The first kappa shape index (κ1) is 18.3. The van der Waals surface area contributed by atoms with Gasteiger partial charge in [0.2, 0.25) is 0 Å². The molecule has 2 aliphatic rings. The Morgan fingerprint density at radius 2 is 1.93 bits per heavy atom. The zero-order valence-electron chi connectivity index (χ0n) is 14.9. The molecule has 8 heteroatoms. The predicted octanol–water partition coefficient (Wildman–Crippen LogP) is 3.67. The van der Waals surface area contributed by atoms with Crippen LogP contribution in [0.1, 0.15) is 30.9 Å². The van der Waals surface area contributed by atoms with Crippen molar-refractivity contribution in [3.63, 3.8) is 0 Å². The molecule has 1 saturated carbocycles. The van der Waals surface area contributed by atoms with Gasteiger partial charge in [-0.15, -0.1) is 0 Å². The van der Waals surface area contributed by atoms with Crippen molar-refractivity contribution >= 4 is 29.0 Å². The Morgan fingerprint density at radius 3 is 2.67 bits per heavy atom. The molecule has 142 valence electrons. The van der Waals surface area contributed by atoms with Crippen LogP contribution in [0.25, 0.3) is 11.4 Å². The van der Waals surface area contributed by atoms with E-state index in [0.29, 0.717) is 21.8 Å². The van der Waals surface area contributed by atoms with Gasteiger partial charge in [-0.2, -0.15) is 0 Å². The van der Waals surface area contributed by atoms with Crippen molar-refractivity contribution in [3.8, 4) is 11.4 Å². The van der Waals surface area contributed by atoms with Crippen molar-refractivity contribution in [3.05, 3.63) is 51.9 Å². The first-order valence-corrected chi connectivity index (χ1v) is 9.96. The average Bonchev–Trinajstić information content (AvgIpc) is 3.38. The van der Waals surface area contributed by atoms with E-state index in [9.17, 15) is 0 Å². The van der Waals surface area contributed by atoms with Crippen LogP contribution in [0.3, 0.4) is 0 Å². The molecule has 4 rings (SSSR count). The van der Waals surface area contributed by atoms with Gasteiger partial charge in [-0.1, -0.05) is 23.2 Å². The fraction of sp³-hybridized carbons (Fsp3) is 0.368. The second-order valence-electron chi connectivity index (χ2n) is 6.73. The fourth-order valence-electron chi connectivity index (χ4n) is 2.93. The second kappa shape index (κ2) is 8.33. The summed E-state index contributed by atoms with van der Waals surface area (Å²) < 4.78 is 0. The number of benzene rings is 1. The second-order valence-corrected chi connectivity index (χ2v) is 7.57. The molecule has 2 aromatic rings. The van der Waals surface area contributed by atoms with Gasteiger partial charge < -0.3 is 16.1 Å². The maximum Gasteiger partial charge on any atom is 0.163 e. The highest BCUT2D eigenvalue weighted by Gasteiger charge is 2.26. The smallest absolute Gasteiger partial charge is 0.163 e. The number of hydrazine groups is 1. The molecule has 1 aromatic carbocycles. The molecule has 0 unspecified atom stereocenters. The molecule has 0 atom stereocenters. The van der Waals surface area contributed by atoms with Gasteiger partial charge in [0.25, 0.3) is 0 Å². The summed E-state index contributed by atoms with van der Waals surface area (Å²) in [5, 5.41) is 7.93. The van der Waals surface area contributed by atoms with Crippen LogP contribution in [0, 0.1) is 0 Å². The van der Waals surface area contributed by atoms with Crippen molar-refractivity contribution in [1.82, 2.24) is 26.1 Å². The van der Waals surface area contributed by atoms with E-state index in [-0.39, 0.29) is 0 Å². The first-order chi connectivity index (χ1) is 13.2. The standard InChI is InChI=1S/C19H22Cl2N6/c20-13-4-5-14(15(21)10-13)19-25-16(12-2-3-12)11-18(26-19)23-8-1-7-22-17-6-9-24-27-17/h4-6,10-12,22,24,27H,1-3,7-9H2,(H,23,25,26). The minimum atomic E-state index is 0.535. The number of hydrogen-bond donors (Lipinski definition) is 4. The van der Waals surface area contributed by atoms with Crippen LogP contribution >= 0.6 is 23.2 Å². The Bertz CT molecular complexity index is 850. The van der Waals surface area contributed by atoms with Crippen LogP contribution < -0.4 is 21.5 Å². The van der Waals surface area contributed by atoms with Gasteiger partial charge >= 0.3 is 0 Å². The summed E-state index contributed by atoms with van der Waals surface area (Å²) in [4.78, 5) is 9.41. The lowest BCUT2D eigenvalue weighted by Crippen LogP contribution is -2.31. The molecular weight excluding hydrogens is 383 g/mol. The molecule has 1 aliphatic carbocycles. The summed E-state index contributed by atoms with van der Waals surface area (Å²) in [6.45, 7) is 2.55. The van der Waals surface area contributed by atoms with Crippen molar-refractivity contribution < 1.29 is 0 Å². The summed E-state index contributed by atoms with van der Waals surface area (Å²) in [6.07, 6.45) is 5.43. The molecular formula is C19H22Cl2N6. The summed E-state index contributed by atoms with van der Waals surface area (Å²) in [7, 11) is 0. The molecule has 6 nitrogen and oxygen atoms in total. The number of rotatable bonds is 8. The molecule has 0 bridgehead atoms. The Labute approximate surface area is 168 Å². The number of aromatic nitrogens is 2. The van der Waals surface area contributed by atoms with Gasteiger partial charge in [0, 0.05) is 47.9 Å². The lowest BCUT2D eigenvalue weighted by Gasteiger charge is -2.12. The minimum absolute atomic E-state index is 0.535. The van der Waals surface area contributed by atoms with Crippen LogP contribution in [-0.4, -0.2) is 29.6 Å². The van der Waals surface area contributed by atoms with Crippen LogP contribution in [-0.2, 0) is 0 Å². The van der Waals surface area contributed by atoms with Gasteiger partial charge in [-0.25, -0.2) is 15.4 Å². The number of nitrogens with one attached hydrogen (secondary N) is 4. The van der Waals surface area contributed by atoms with Gasteiger partial charge in [0.1, 0.15) is 11.6 Å². The van der Waals surface area contributed by atoms with Gasteiger partial charge in [0.15, 0.2) is 5.82 Å². The third-order valence-electron chi connectivity index (χ3n) is 4.52. The van der Waals surface area contributed by atoms with Crippen molar-refractivity contribution in [2.75, 3.05) is 25.0 Å². The quantitative estimate of drug-likeness (QED) is 0.503. The highest BCUT2D eigenvalue weighted by atomic mass is 35.5. The number of nitrogens with zero attached hydrogens (tertiary/aromatic N) is 2. The highest BCUT2D eigenvalue weighted by molar-refractivity contribution is 6.36. The monoisotopic (exact) mass is 404 g/mol. The van der Waals surface area contributed by atoms with Crippen LogP contribution in [0.4, 0.5) is 5.82 Å². The zero-order valence-corrected chi connectivity index (χ0v) is 16.4. The molecule has 27 heavy (non-hydrogen) atoms. The molecule has 2 heterocycles. The molecule has 0 radical (unpaired) electrons. The highest BCUT2D eigenvalue weighted by Crippen LogP contribution is 2.40. The normalized spacial score (nSPS) is 16.0. The fourth-order valence-corrected chi connectivity index (χ4v) is 3.42. The molecule has 0 saturated heterocycles. The topological polar surface area (TPSA) is 73.9 Å². The SMILES string of the molecule is Clc1ccc(-c2nc(NCCCNC3=CCNN3)cc(C3CC3)n2)c(Cl)c1. The van der Waals surface area contributed by atoms with E-state index >= 15 is 0 Å². The Balaban J connectivity index is 1.43. The van der Waals surface area contributed by atoms with Crippen LogP contribution in [0.2, 0.25) is 10.0 Å². The van der Waals surface area contributed by atoms with E-state index in [1.807, 2.05) is 12.1 Å². The largest absolute Gasteiger partial charge is 0.371 e. The summed E-state index contributed by atoms with van der Waals surface area (Å²) in [5.41, 5.74) is 7.99. The summed E-state index contributed by atoms with van der Waals surface area (Å²) >= 11 is 12.4. The van der Waals surface area contributed by atoms with Gasteiger partial charge in [-0.05, 0) is 43.5 Å². The molecule has 0 amide bonds. The van der Waals surface area contributed by atoms with E-state index in [1.54, 1.807) is 6.07 Å². The van der Waals surface area contributed by atoms with Crippen molar-refractivity contribution in [2.45, 2.75) is 25.2 Å². The van der Waals surface area contributed by atoms with E-state index in [1.165, 1.54) is 12.8 Å².